The second-order valence-electron chi connectivity index (χ2n) is 7.03. The molecule has 0 aliphatic carbocycles. The lowest BCUT2D eigenvalue weighted by Crippen LogP contribution is -2.49. The van der Waals surface area contributed by atoms with Crippen LogP contribution in [0.3, 0.4) is 0 Å². The molecule has 3 rings (SSSR count). The molecule has 1 aliphatic heterocycles. The summed E-state index contributed by atoms with van der Waals surface area (Å²) in [5.41, 5.74) is 2.41. The molecule has 0 N–H and O–H groups in total. The Kier molecular flexibility index (Phi) is 5.87. The smallest absolute Gasteiger partial charge is 0.224 e. The number of likely N-dealkylation sites (tertiary alicyclic amines) is 1. The third-order valence-corrected chi connectivity index (χ3v) is 5.24. The highest BCUT2D eigenvalue weighted by molar-refractivity contribution is 5.92. The van der Waals surface area contributed by atoms with E-state index in [0.29, 0.717) is 12.1 Å². The minimum Gasteiger partial charge on any atom is -0.310 e. The Hall–Kier alpha value is -2.13. The van der Waals surface area contributed by atoms with Gasteiger partial charge in [-0.05, 0) is 43.9 Å². The summed E-state index contributed by atoms with van der Waals surface area (Å²) in [5, 5.41) is 0. The van der Waals surface area contributed by atoms with Gasteiger partial charge in [-0.2, -0.15) is 0 Å². The second kappa shape index (κ2) is 8.30. The summed E-state index contributed by atoms with van der Waals surface area (Å²) < 4.78 is 0. The molecule has 0 unspecified atom stereocenters. The zero-order valence-electron chi connectivity index (χ0n) is 15.3. The number of nitrogens with zero attached hydrogens (tertiary/aromatic N) is 2. The minimum absolute atomic E-state index is 0.141. The number of hydrogen-bond acceptors (Lipinski definition) is 2. The van der Waals surface area contributed by atoms with Crippen LogP contribution < -0.4 is 4.90 Å². The Morgan fingerprint density at radius 2 is 1.60 bits per heavy atom. The number of carbonyl (C=O) groups is 1. The van der Waals surface area contributed by atoms with E-state index in [-0.39, 0.29) is 5.91 Å². The summed E-state index contributed by atoms with van der Waals surface area (Å²) >= 11 is 0. The van der Waals surface area contributed by atoms with E-state index in [1.54, 1.807) is 6.92 Å². The van der Waals surface area contributed by atoms with Gasteiger partial charge in [0.05, 0.1) is 0 Å². The third kappa shape index (κ3) is 4.49. The van der Waals surface area contributed by atoms with Crippen LogP contribution in [-0.2, 0) is 11.2 Å². The number of hydrogen-bond donors (Lipinski definition) is 0. The molecule has 3 nitrogen and oxygen atoms in total. The van der Waals surface area contributed by atoms with Crippen molar-refractivity contribution >= 4 is 11.6 Å². The van der Waals surface area contributed by atoms with Gasteiger partial charge in [0.15, 0.2) is 0 Å². The summed E-state index contributed by atoms with van der Waals surface area (Å²) in [4.78, 5) is 16.8. The van der Waals surface area contributed by atoms with Crippen LogP contribution in [0.4, 0.5) is 5.69 Å². The van der Waals surface area contributed by atoms with Gasteiger partial charge in [-0.1, -0.05) is 48.5 Å². The van der Waals surface area contributed by atoms with Crippen molar-refractivity contribution in [1.82, 2.24) is 4.90 Å². The highest BCUT2D eigenvalue weighted by Gasteiger charge is 2.28. The van der Waals surface area contributed by atoms with E-state index in [0.717, 1.165) is 38.0 Å². The first kappa shape index (κ1) is 17.7. The van der Waals surface area contributed by atoms with Gasteiger partial charge in [-0.15, -0.1) is 0 Å². The van der Waals surface area contributed by atoms with Crippen LogP contribution in [0.5, 0.6) is 0 Å². The van der Waals surface area contributed by atoms with Crippen molar-refractivity contribution in [3.05, 3.63) is 66.2 Å². The molecule has 1 saturated heterocycles. The molecule has 1 amide bonds. The van der Waals surface area contributed by atoms with Gasteiger partial charge in [0, 0.05) is 37.8 Å². The number of amides is 1. The van der Waals surface area contributed by atoms with E-state index >= 15 is 0 Å². The quantitative estimate of drug-likeness (QED) is 0.819. The van der Waals surface area contributed by atoms with Gasteiger partial charge in [0.25, 0.3) is 0 Å². The topological polar surface area (TPSA) is 23.6 Å². The molecule has 0 bridgehead atoms. The average molecular weight is 336 g/mol. The van der Waals surface area contributed by atoms with E-state index in [2.05, 4.69) is 42.2 Å². The monoisotopic (exact) mass is 336 g/mol. The highest BCUT2D eigenvalue weighted by atomic mass is 16.2. The number of piperidine rings is 1. The average Bonchev–Trinajstić information content (AvgIpc) is 2.64. The van der Waals surface area contributed by atoms with Gasteiger partial charge in [-0.25, -0.2) is 0 Å². The van der Waals surface area contributed by atoms with E-state index in [1.807, 2.05) is 35.2 Å². The lowest BCUT2D eigenvalue weighted by atomic mass is 9.98. The van der Waals surface area contributed by atoms with Crippen LogP contribution in [0.15, 0.2) is 60.7 Å². The zero-order valence-corrected chi connectivity index (χ0v) is 15.3. The summed E-state index contributed by atoms with van der Waals surface area (Å²) in [6.45, 7) is 6.09. The summed E-state index contributed by atoms with van der Waals surface area (Å²) in [6, 6.07) is 21.6. The molecule has 1 heterocycles. The second-order valence-corrected chi connectivity index (χ2v) is 7.03. The van der Waals surface area contributed by atoms with Gasteiger partial charge < -0.3 is 9.80 Å². The van der Waals surface area contributed by atoms with Crippen molar-refractivity contribution in [2.75, 3.05) is 18.0 Å². The predicted octanol–water partition coefficient (Wildman–Crippen LogP) is 4.14. The molecule has 0 aromatic heterocycles. The molecule has 0 spiro atoms. The van der Waals surface area contributed by atoms with Crippen LogP contribution in [0.25, 0.3) is 0 Å². The first-order valence-electron chi connectivity index (χ1n) is 9.28. The third-order valence-electron chi connectivity index (χ3n) is 5.24. The fraction of sp³-hybridized carbons (Fsp3) is 0.409. The van der Waals surface area contributed by atoms with Crippen molar-refractivity contribution in [1.29, 1.82) is 0 Å². The molecule has 1 fully saturated rings. The maximum atomic E-state index is 12.2. The molecular formula is C22H28N2O. The molecule has 1 aliphatic rings. The predicted molar refractivity (Wildman–Crippen MR) is 104 cm³/mol. The summed E-state index contributed by atoms with van der Waals surface area (Å²) in [6.07, 6.45) is 3.15. The van der Waals surface area contributed by atoms with Gasteiger partial charge >= 0.3 is 0 Å². The zero-order chi connectivity index (χ0) is 17.6. The van der Waals surface area contributed by atoms with Crippen LogP contribution in [0.1, 0.15) is 32.3 Å². The van der Waals surface area contributed by atoms with Gasteiger partial charge in [0.1, 0.15) is 0 Å². The molecular weight excluding hydrogens is 308 g/mol. The van der Waals surface area contributed by atoms with Crippen molar-refractivity contribution in [2.45, 2.75) is 45.2 Å². The fourth-order valence-electron chi connectivity index (χ4n) is 3.91. The largest absolute Gasteiger partial charge is 0.310 e. The number of anilines is 1. The number of rotatable bonds is 5. The van der Waals surface area contributed by atoms with E-state index in [4.69, 9.17) is 0 Å². The molecule has 2 aromatic carbocycles. The first-order chi connectivity index (χ1) is 12.1. The molecule has 3 heteroatoms. The SMILES string of the molecule is CC(=O)N(c1ccccc1)C1CCN([C@H](C)Cc2ccccc2)CC1. The van der Waals surface area contributed by atoms with E-state index < -0.39 is 0 Å². The summed E-state index contributed by atoms with van der Waals surface area (Å²) in [7, 11) is 0. The number of para-hydroxylation sites is 1. The summed E-state index contributed by atoms with van der Waals surface area (Å²) in [5.74, 6) is 0.141. The van der Waals surface area contributed by atoms with Gasteiger partial charge in [0.2, 0.25) is 5.91 Å². The molecule has 1 atom stereocenters. The minimum atomic E-state index is 0.141. The lowest BCUT2D eigenvalue weighted by Gasteiger charge is -2.40. The van der Waals surface area contributed by atoms with Crippen molar-refractivity contribution < 1.29 is 4.79 Å². The number of benzene rings is 2. The molecule has 25 heavy (non-hydrogen) atoms. The molecule has 0 radical (unpaired) electrons. The number of carbonyl (C=O) groups excluding carboxylic acids is 1. The Morgan fingerprint density at radius 1 is 1.04 bits per heavy atom. The normalized spacial score (nSPS) is 17.2. The van der Waals surface area contributed by atoms with Crippen LogP contribution in [0, 0.1) is 0 Å². The van der Waals surface area contributed by atoms with Gasteiger partial charge in [-0.3, -0.25) is 4.79 Å². The fourth-order valence-corrected chi connectivity index (χ4v) is 3.91. The lowest BCUT2D eigenvalue weighted by molar-refractivity contribution is -0.117. The van der Waals surface area contributed by atoms with Crippen LogP contribution in [-0.4, -0.2) is 36.0 Å². The van der Waals surface area contributed by atoms with Crippen LogP contribution in [0.2, 0.25) is 0 Å². The molecule has 0 saturated carbocycles. The maximum Gasteiger partial charge on any atom is 0.224 e. The molecule has 132 valence electrons. The Balaban J connectivity index is 1.59. The first-order valence-corrected chi connectivity index (χ1v) is 9.28. The van der Waals surface area contributed by atoms with E-state index in [1.165, 1.54) is 5.56 Å². The van der Waals surface area contributed by atoms with Crippen molar-refractivity contribution in [2.24, 2.45) is 0 Å². The van der Waals surface area contributed by atoms with Crippen molar-refractivity contribution in [3.8, 4) is 0 Å². The Morgan fingerprint density at radius 3 is 2.16 bits per heavy atom. The Labute approximate surface area is 151 Å². The maximum absolute atomic E-state index is 12.2. The van der Waals surface area contributed by atoms with Crippen LogP contribution >= 0.6 is 0 Å². The Bertz CT molecular complexity index is 663. The van der Waals surface area contributed by atoms with E-state index in [9.17, 15) is 4.79 Å². The highest BCUT2D eigenvalue weighted by Crippen LogP contribution is 2.25. The molecule has 2 aromatic rings. The standard InChI is InChI=1S/C22H28N2O/c1-18(17-20-9-5-3-6-10-20)23-15-13-22(14-16-23)24(19(2)25)21-11-7-4-8-12-21/h3-12,18,22H,13-17H2,1-2H3/t18-/m1/s1. The van der Waals surface area contributed by atoms with Crippen molar-refractivity contribution in [3.63, 3.8) is 0 Å².